The quantitative estimate of drug-likeness (QED) is 0.689. The minimum atomic E-state index is 0.489. The van der Waals surface area contributed by atoms with Gasteiger partial charge in [0.25, 0.3) is 0 Å². The van der Waals surface area contributed by atoms with Gasteiger partial charge in [0.2, 0.25) is 4.77 Å². The third kappa shape index (κ3) is 2.44. The molecule has 1 saturated carbocycles. The van der Waals surface area contributed by atoms with Crippen LogP contribution in [-0.2, 0) is 0 Å². The van der Waals surface area contributed by atoms with Gasteiger partial charge in [-0.05, 0) is 37.2 Å². The van der Waals surface area contributed by atoms with E-state index in [1.54, 1.807) is 18.0 Å². The van der Waals surface area contributed by atoms with Crippen LogP contribution in [0.25, 0.3) is 0 Å². The predicted octanol–water partition coefficient (Wildman–Crippen LogP) is 2.71. The Morgan fingerprint density at radius 3 is 3.00 bits per heavy atom. The van der Waals surface area contributed by atoms with Gasteiger partial charge in [-0.3, -0.25) is 5.10 Å². The lowest BCUT2D eigenvalue weighted by Crippen LogP contribution is -1.98. The summed E-state index contributed by atoms with van der Waals surface area (Å²) in [5, 5.41) is 11.4. The first-order valence-corrected chi connectivity index (χ1v) is 6.55. The van der Waals surface area contributed by atoms with Crippen molar-refractivity contribution in [2.45, 2.75) is 18.8 Å². The van der Waals surface area contributed by atoms with E-state index in [9.17, 15) is 0 Å². The fourth-order valence-corrected chi connectivity index (χ4v) is 2.10. The van der Waals surface area contributed by atoms with Gasteiger partial charge in [0.1, 0.15) is 5.75 Å². The fourth-order valence-electron chi connectivity index (χ4n) is 1.91. The summed E-state index contributed by atoms with van der Waals surface area (Å²) in [5.41, 5.74) is 0.912. The normalized spacial score (nSPS) is 15.0. The van der Waals surface area contributed by atoms with E-state index in [1.807, 2.05) is 24.3 Å². The molecular weight excluding hydrogens is 260 g/mol. The number of benzene rings is 1. The van der Waals surface area contributed by atoms with Gasteiger partial charge >= 0.3 is 0 Å². The number of nitrogens with one attached hydrogen (secondary N) is 1. The predicted molar refractivity (Wildman–Crippen MR) is 75.4 cm³/mol. The van der Waals surface area contributed by atoms with Crippen molar-refractivity contribution in [3.05, 3.63) is 40.4 Å². The number of rotatable bonds is 4. The van der Waals surface area contributed by atoms with Crippen molar-refractivity contribution in [1.82, 2.24) is 14.9 Å². The summed E-state index contributed by atoms with van der Waals surface area (Å²) >= 11 is 5.20. The van der Waals surface area contributed by atoms with Gasteiger partial charge in [-0.1, -0.05) is 12.1 Å². The third-order valence-corrected chi connectivity index (χ3v) is 3.33. The molecule has 1 N–H and O–H groups in total. The Morgan fingerprint density at radius 2 is 2.26 bits per heavy atom. The minimum Gasteiger partial charge on any atom is -0.496 e. The standard InChI is InChI=1S/C13H14N4OS/c1-18-11-5-3-2-4-10(11)8-14-17-12(9-6-7-9)15-16-13(17)19/h2-5,8-9H,6-7H2,1H3,(H,16,19)/b14-8-. The molecule has 0 saturated heterocycles. The number of para-hydroxylation sites is 1. The zero-order valence-corrected chi connectivity index (χ0v) is 11.4. The summed E-state index contributed by atoms with van der Waals surface area (Å²) in [4.78, 5) is 0. The zero-order chi connectivity index (χ0) is 13.2. The van der Waals surface area contributed by atoms with Crippen LogP contribution in [0.4, 0.5) is 0 Å². The molecule has 1 fully saturated rings. The minimum absolute atomic E-state index is 0.489. The molecule has 1 aliphatic rings. The van der Waals surface area contributed by atoms with Crippen molar-refractivity contribution in [2.75, 3.05) is 7.11 Å². The number of hydrogen-bond donors (Lipinski definition) is 1. The van der Waals surface area contributed by atoms with Crippen molar-refractivity contribution in [1.29, 1.82) is 0 Å². The Labute approximate surface area is 115 Å². The molecule has 3 rings (SSSR count). The molecule has 1 heterocycles. The highest BCUT2D eigenvalue weighted by molar-refractivity contribution is 7.71. The van der Waals surface area contributed by atoms with Gasteiger partial charge < -0.3 is 4.74 Å². The molecule has 6 heteroatoms. The molecule has 0 bridgehead atoms. The van der Waals surface area contributed by atoms with Gasteiger partial charge in [0.05, 0.1) is 13.3 Å². The van der Waals surface area contributed by atoms with Gasteiger partial charge in [-0.15, -0.1) is 0 Å². The van der Waals surface area contributed by atoms with Gasteiger partial charge in [-0.25, -0.2) is 0 Å². The van der Waals surface area contributed by atoms with Crippen LogP contribution in [0.2, 0.25) is 0 Å². The van der Waals surface area contributed by atoms with E-state index < -0.39 is 0 Å². The number of aromatic amines is 1. The van der Waals surface area contributed by atoms with E-state index in [-0.39, 0.29) is 0 Å². The van der Waals surface area contributed by atoms with Crippen LogP contribution >= 0.6 is 12.2 Å². The first-order valence-electron chi connectivity index (χ1n) is 6.14. The van der Waals surface area contributed by atoms with Crippen LogP contribution in [0.15, 0.2) is 29.4 Å². The molecule has 0 unspecified atom stereocenters. The number of aromatic nitrogens is 3. The van der Waals surface area contributed by atoms with Crippen LogP contribution in [0.3, 0.4) is 0 Å². The average Bonchev–Trinajstić information content (AvgIpc) is 3.21. The number of H-pyrrole nitrogens is 1. The van der Waals surface area contributed by atoms with E-state index in [1.165, 1.54) is 0 Å². The molecule has 0 radical (unpaired) electrons. The lowest BCUT2D eigenvalue weighted by molar-refractivity contribution is 0.414. The van der Waals surface area contributed by atoms with Crippen molar-refractivity contribution in [3.8, 4) is 5.75 Å². The van der Waals surface area contributed by atoms with E-state index in [0.717, 1.165) is 30.0 Å². The molecule has 0 atom stereocenters. The Balaban J connectivity index is 1.94. The molecule has 19 heavy (non-hydrogen) atoms. The summed E-state index contributed by atoms with van der Waals surface area (Å²) in [5.74, 6) is 2.19. The SMILES string of the molecule is COc1ccccc1/C=N\n1c(C2CC2)n[nH]c1=S. The summed E-state index contributed by atoms with van der Waals surface area (Å²) in [6, 6.07) is 7.72. The van der Waals surface area contributed by atoms with Crippen molar-refractivity contribution >= 4 is 18.4 Å². The molecule has 1 aromatic heterocycles. The van der Waals surface area contributed by atoms with Crippen LogP contribution in [-0.4, -0.2) is 28.2 Å². The third-order valence-electron chi connectivity index (χ3n) is 3.07. The average molecular weight is 274 g/mol. The van der Waals surface area contributed by atoms with Crippen molar-refractivity contribution < 1.29 is 4.74 Å². The van der Waals surface area contributed by atoms with Crippen LogP contribution in [0.5, 0.6) is 5.75 Å². The molecular formula is C13H14N4OS. The number of nitrogens with zero attached hydrogens (tertiary/aromatic N) is 3. The van der Waals surface area contributed by atoms with Crippen LogP contribution in [0, 0.1) is 4.77 Å². The Kier molecular flexibility index (Phi) is 3.16. The van der Waals surface area contributed by atoms with Crippen molar-refractivity contribution in [2.24, 2.45) is 5.10 Å². The summed E-state index contributed by atoms with van der Waals surface area (Å²) < 4.78 is 7.50. The maximum Gasteiger partial charge on any atom is 0.216 e. The van der Waals surface area contributed by atoms with Gasteiger partial charge in [0, 0.05) is 11.5 Å². The second-order valence-electron chi connectivity index (χ2n) is 4.46. The molecule has 0 amide bonds. The number of ether oxygens (including phenoxy) is 1. The van der Waals surface area contributed by atoms with Gasteiger partial charge in [-0.2, -0.15) is 14.9 Å². The number of methoxy groups -OCH3 is 1. The molecule has 2 aromatic rings. The molecule has 1 aromatic carbocycles. The van der Waals surface area contributed by atoms with E-state index in [2.05, 4.69) is 15.3 Å². The Hall–Kier alpha value is -1.95. The monoisotopic (exact) mass is 274 g/mol. The molecule has 98 valence electrons. The second-order valence-corrected chi connectivity index (χ2v) is 4.85. The lowest BCUT2D eigenvalue weighted by atomic mass is 10.2. The maximum atomic E-state index is 5.29. The van der Waals surface area contributed by atoms with Crippen LogP contribution in [0.1, 0.15) is 30.1 Å². The summed E-state index contributed by atoms with van der Waals surface area (Å²) in [6.07, 6.45) is 4.06. The smallest absolute Gasteiger partial charge is 0.216 e. The van der Waals surface area contributed by atoms with Crippen molar-refractivity contribution in [3.63, 3.8) is 0 Å². The molecule has 5 nitrogen and oxygen atoms in total. The number of hydrogen-bond acceptors (Lipinski definition) is 4. The zero-order valence-electron chi connectivity index (χ0n) is 10.5. The summed E-state index contributed by atoms with van der Waals surface area (Å²) in [7, 11) is 1.64. The topological polar surface area (TPSA) is 55.2 Å². The van der Waals surface area contributed by atoms with Crippen LogP contribution < -0.4 is 4.74 Å². The van der Waals surface area contributed by atoms with Gasteiger partial charge in [0.15, 0.2) is 5.82 Å². The maximum absolute atomic E-state index is 5.29. The highest BCUT2D eigenvalue weighted by Crippen LogP contribution is 2.38. The first-order chi connectivity index (χ1) is 9.29. The Morgan fingerprint density at radius 1 is 1.47 bits per heavy atom. The first kappa shape index (κ1) is 12.1. The summed E-state index contributed by atoms with van der Waals surface area (Å²) in [6.45, 7) is 0. The molecule has 0 aliphatic heterocycles. The Bertz CT molecular complexity index is 669. The molecule has 1 aliphatic carbocycles. The lowest BCUT2D eigenvalue weighted by Gasteiger charge is -2.03. The highest BCUT2D eigenvalue weighted by atomic mass is 32.1. The largest absolute Gasteiger partial charge is 0.496 e. The van der Waals surface area contributed by atoms with E-state index in [0.29, 0.717) is 10.7 Å². The second kappa shape index (κ2) is 4.97. The molecule has 0 spiro atoms. The van der Waals surface area contributed by atoms with E-state index >= 15 is 0 Å². The van der Waals surface area contributed by atoms with E-state index in [4.69, 9.17) is 17.0 Å². The highest BCUT2D eigenvalue weighted by Gasteiger charge is 2.29. The fraction of sp³-hybridized carbons (Fsp3) is 0.308.